The molecular formula is C35H45N5O2. The summed E-state index contributed by atoms with van der Waals surface area (Å²) in [5.74, 6) is 1.71. The molecule has 0 unspecified atom stereocenters. The highest BCUT2D eigenvalue weighted by Gasteiger charge is 2.17. The Balaban J connectivity index is 1.38. The summed E-state index contributed by atoms with van der Waals surface area (Å²) in [6.45, 7) is 8.81. The number of rotatable bonds is 18. The fraction of sp³-hybridized carbons (Fsp3) is 0.457. The number of para-hydroxylation sites is 4. The van der Waals surface area contributed by atoms with E-state index in [1.165, 1.54) is 38.5 Å². The first-order valence-corrected chi connectivity index (χ1v) is 15.8. The molecule has 0 aliphatic heterocycles. The predicted octanol–water partition coefficient (Wildman–Crippen LogP) is 8.31. The topological polar surface area (TPSA) is 67.0 Å². The van der Waals surface area contributed by atoms with E-state index in [0.29, 0.717) is 13.2 Å². The Bertz CT molecular complexity index is 1430. The number of fused-ring (bicyclic) bond motifs is 2. The molecule has 3 aromatic heterocycles. The normalized spacial score (nSPS) is 11.7. The Kier molecular flexibility index (Phi) is 11.1. The molecule has 0 saturated heterocycles. The van der Waals surface area contributed by atoms with E-state index in [-0.39, 0.29) is 0 Å². The summed E-state index contributed by atoms with van der Waals surface area (Å²) >= 11 is 0. The minimum absolute atomic E-state index is 0.646. The maximum atomic E-state index is 6.02. The van der Waals surface area contributed by atoms with Gasteiger partial charge < -0.3 is 18.6 Å². The lowest BCUT2D eigenvalue weighted by Crippen LogP contribution is -2.10. The van der Waals surface area contributed by atoms with Crippen LogP contribution in [0.25, 0.3) is 45.1 Å². The fourth-order valence-corrected chi connectivity index (χ4v) is 5.46. The number of hydrogen-bond acceptors (Lipinski definition) is 5. The highest BCUT2D eigenvalue weighted by Crippen LogP contribution is 2.28. The third-order valence-corrected chi connectivity index (χ3v) is 7.72. The van der Waals surface area contributed by atoms with Crippen molar-refractivity contribution in [1.82, 2.24) is 24.1 Å². The van der Waals surface area contributed by atoms with E-state index >= 15 is 0 Å². The van der Waals surface area contributed by atoms with Crippen LogP contribution in [0.1, 0.15) is 65.2 Å². The number of nitrogens with zero attached hydrogens (tertiary/aromatic N) is 5. The van der Waals surface area contributed by atoms with Crippen LogP contribution in [0.15, 0.2) is 66.7 Å². The van der Waals surface area contributed by atoms with Crippen LogP contribution >= 0.6 is 0 Å². The molecule has 42 heavy (non-hydrogen) atoms. The van der Waals surface area contributed by atoms with Gasteiger partial charge in [0.1, 0.15) is 11.4 Å². The van der Waals surface area contributed by atoms with Crippen molar-refractivity contribution in [2.24, 2.45) is 0 Å². The molecular weight excluding hydrogens is 522 g/mol. The second-order valence-corrected chi connectivity index (χ2v) is 10.9. The monoisotopic (exact) mass is 567 g/mol. The molecule has 0 atom stereocenters. The van der Waals surface area contributed by atoms with Crippen molar-refractivity contribution in [3.8, 4) is 23.0 Å². The largest absolute Gasteiger partial charge is 0.380 e. The standard InChI is InChI=1S/C35H45N5O2/c1-3-5-7-13-24-41-26-22-39-32-20-11-9-16-28(32)37-34(39)30-18-15-19-31(36-30)35-38-29-17-10-12-21-33(29)40(35)23-27-42-25-14-8-6-4-2/h9-12,15-21H,3-8,13-14,22-27H2,1-2H3. The summed E-state index contributed by atoms with van der Waals surface area (Å²) in [6.07, 6.45) is 9.67. The molecule has 0 bridgehead atoms. The molecule has 0 amide bonds. The number of imidazole rings is 2. The van der Waals surface area contributed by atoms with Gasteiger partial charge in [0.15, 0.2) is 11.6 Å². The maximum absolute atomic E-state index is 6.02. The van der Waals surface area contributed by atoms with Crippen molar-refractivity contribution in [2.75, 3.05) is 26.4 Å². The van der Waals surface area contributed by atoms with Crippen molar-refractivity contribution in [3.05, 3.63) is 66.7 Å². The van der Waals surface area contributed by atoms with Gasteiger partial charge >= 0.3 is 0 Å². The molecule has 0 N–H and O–H groups in total. The summed E-state index contributed by atoms with van der Waals surface area (Å²) in [5.41, 5.74) is 5.78. The van der Waals surface area contributed by atoms with Crippen LogP contribution in [-0.2, 0) is 22.6 Å². The van der Waals surface area contributed by atoms with Gasteiger partial charge in [-0.25, -0.2) is 15.0 Å². The molecule has 5 rings (SSSR count). The summed E-state index contributed by atoms with van der Waals surface area (Å²) in [5, 5.41) is 0. The first kappa shape index (κ1) is 29.9. The molecule has 0 saturated carbocycles. The van der Waals surface area contributed by atoms with Gasteiger partial charge in [0.2, 0.25) is 0 Å². The lowest BCUT2D eigenvalue weighted by Gasteiger charge is -2.12. The number of hydrogen-bond donors (Lipinski definition) is 0. The van der Waals surface area contributed by atoms with Gasteiger partial charge in [0.25, 0.3) is 0 Å². The number of benzene rings is 2. The first-order valence-electron chi connectivity index (χ1n) is 15.8. The predicted molar refractivity (Wildman–Crippen MR) is 172 cm³/mol. The zero-order valence-electron chi connectivity index (χ0n) is 25.3. The summed E-state index contributed by atoms with van der Waals surface area (Å²) in [7, 11) is 0. The summed E-state index contributed by atoms with van der Waals surface area (Å²) < 4.78 is 16.5. The van der Waals surface area contributed by atoms with E-state index < -0.39 is 0 Å². The van der Waals surface area contributed by atoms with Crippen molar-refractivity contribution >= 4 is 22.1 Å². The van der Waals surface area contributed by atoms with Crippen LogP contribution in [-0.4, -0.2) is 50.5 Å². The van der Waals surface area contributed by atoms with E-state index in [4.69, 9.17) is 24.4 Å². The van der Waals surface area contributed by atoms with E-state index in [9.17, 15) is 0 Å². The zero-order valence-corrected chi connectivity index (χ0v) is 25.3. The Morgan fingerprint density at radius 3 is 1.45 bits per heavy atom. The van der Waals surface area contributed by atoms with Gasteiger partial charge in [-0.2, -0.15) is 0 Å². The molecule has 0 radical (unpaired) electrons. The first-order chi connectivity index (χ1) is 20.8. The molecule has 3 heterocycles. The van der Waals surface area contributed by atoms with Gasteiger partial charge in [-0.1, -0.05) is 82.7 Å². The second-order valence-electron chi connectivity index (χ2n) is 10.9. The van der Waals surface area contributed by atoms with Gasteiger partial charge in [-0.3, -0.25) is 0 Å². The van der Waals surface area contributed by atoms with Gasteiger partial charge in [0.05, 0.1) is 35.3 Å². The van der Waals surface area contributed by atoms with Crippen LogP contribution in [0.2, 0.25) is 0 Å². The van der Waals surface area contributed by atoms with E-state index in [1.54, 1.807) is 0 Å². The Morgan fingerprint density at radius 1 is 0.500 bits per heavy atom. The van der Waals surface area contributed by atoms with Crippen LogP contribution in [0.3, 0.4) is 0 Å². The molecule has 7 nitrogen and oxygen atoms in total. The lowest BCUT2D eigenvalue weighted by molar-refractivity contribution is 0.123. The van der Waals surface area contributed by atoms with Crippen molar-refractivity contribution in [1.29, 1.82) is 0 Å². The quantitative estimate of drug-likeness (QED) is 0.0996. The highest BCUT2D eigenvalue weighted by molar-refractivity contribution is 5.82. The molecule has 0 aliphatic rings. The molecule has 0 aliphatic carbocycles. The van der Waals surface area contributed by atoms with Crippen LogP contribution in [0, 0.1) is 0 Å². The molecule has 222 valence electrons. The molecule has 0 fully saturated rings. The third kappa shape index (κ3) is 7.44. The van der Waals surface area contributed by atoms with Crippen molar-refractivity contribution in [2.45, 2.75) is 78.3 Å². The van der Waals surface area contributed by atoms with Gasteiger partial charge in [-0.05, 0) is 49.2 Å². The fourth-order valence-electron chi connectivity index (χ4n) is 5.46. The average molecular weight is 568 g/mol. The molecule has 7 heteroatoms. The smallest absolute Gasteiger partial charge is 0.159 e. The van der Waals surface area contributed by atoms with Crippen molar-refractivity contribution < 1.29 is 9.47 Å². The lowest BCUT2D eigenvalue weighted by atomic mass is 10.2. The number of ether oxygens (including phenoxy) is 2. The number of pyridine rings is 1. The summed E-state index contributed by atoms with van der Waals surface area (Å²) in [6, 6.07) is 22.7. The molecule has 5 aromatic rings. The highest BCUT2D eigenvalue weighted by atomic mass is 16.5. The Hall–Kier alpha value is -3.55. The maximum Gasteiger partial charge on any atom is 0.159 e. The number of unbranched alkanes of at least 4 members (excludes halogenated alkanes) is 6. The Morgan fingerprint density at radius 2 is 0.976 bits per heavy atom. The van der Waals surface area contributed by atoms with Crippen LogP contribution < -0.4 is 0 Å². The van der Waals surface area contributed by atoms with Gasteiger partial charge in [0, 0.05) is 26.3 Å². The van der Waals surface area contributed by atoms with Gasteiger partial charge in [-0.15, -0.1) is 0 Å². The van der Waals surface area contributed by atoms with Crippen LogP contribution in [0.5, 0.6) is 0 Å². The van der Waals surface area contributed by atoms with E-state index in [0.717, 1.165) is 84.2 Å². The zero-order chi connectivity index (χ0) is 29.0. The van der Waals surface area contributed by atoms with E-state index in [2.05, 4.69) is 65.4 Å². The third-order valence-electron chi connectivity index (χ3n) is 7.72. The summed E-state index contributed by atoms with van der Waals surface area (Å²) in [4.78, 5) is 15.2. The van der Waals surface area contributed by atoms with E-state index in [1.807, 2.05) is 24.3 Å². The minimum Gasteiger partial charge on any atom is -0.380 e. The van der Waals surface area contributed by atoms with Crippen LogP contribution in [0.4, 0.5) is 0 Å². The Labute approximate surface area is 249 Å². The second kappa shape index (κ2) is 15.6. The molecule has 0 spiro atoms. The SMILES string of the molecule is CCCCCCOCCn1c(-c2cccc(-c3nc4ccccc4n3CCOCCCCCC)n2)nc2ccccc21. The minimum atomic E-state index is 0.646. The number of aromatic nitrogens is 5. The van der Waals surface area contributed by atoms with Crippen molar-refractivity contribution in [3.63, 3.8) is 0 Å². The molecule has 2 aromatic carbocycles. The average Bonchev–Trinajstić information content (AvgIpc) is 3.59.